The third-order valence-electron chi connectivity index (χ3n) is 2.06. The Morgan fingerprint density at radius 3 is 2.53 bits per heavy atom. The number of hydrogen-bond acceptors (Lipinski definition) is 2. The maximum absolute atomic E-state index is 11.9. The molecule has 0 aliphatic heterocycles. The monoisotopic (exact) mass is 246 g/mol. The molecular formula is C11H13F3N2O. The molecular weight excluding hydrogens is 233 g/mol. The molecule has 0 atom stereocenters. The Kier molecular flexibility index (Phi) is 3.98. The Bertz CT molecular complexity index is 395. The third-order valence-corrected chi connectivity index (χ3v) is 2.06. The summed E-state index contributed by atoms with van der Waals surface area (Å²) in [5.41, 5.74) is 6.99. The van der Waals surface area contributed by atoms with Crippen LogP contribution in [0.15, 0.2) is 18.2 Å². The minimum absolute atomic E-state index is 0.268. The van der Waals surface area contributed by atoms with E-state index in [0.717, 1.165) is 5.56 Å². The van der Waals surface area contributed by atoms with Gasteiger partial charge in [0.1, 0.15) is 0 Å². The number of nitrogens with two attached hydrogens (primary N) is 1. The van der Waals surface area contributed by atoms with Crippen molar-refractivity contribution in [1.82, 2.24) is 5.32 Å². The molecule has 0 saturated heterocycles. The molecule has 1 aromatic carbocycles. The lowest BCUT2D eigenvalue weighted by Crippen LogP contribution is -2.28. The van der Waals surface area contributed by atoms with Crippen LogP contribution in [0.5, 0.6) is 0 Å². The van der Waals surface area contributed by atoms with Crippen molar-refractivity contribution in [3.05, 3.63) is 29.3 Å². The number of nitrogen functional groups attached to an aromatic ring is 1. The van der Waals surface area contributed by atoms with E-state index < -0.39 is 25.0 Å². The molecule has 0 aliphatic carbocycles. The largest absolute Gasteiger partial charge is 0.399 e. The molecule has 3 nitrogen and oxygen atoms in total. The lowest BCUT2D eigenvalue weighted by Gasteiger charge is -2.08. The SMILES string of the molecule is Cc1cc(N)cc(C(=O)NCCC(F)(F)F)c1. The van der Waals surface area contributed by atoms with Crippen molar-refractivity contribution in [2.45, 2.75) is 19.5 Å². The van der Waals surface area contributed by atoms with Gasteiger partial charge in [0.15, 0.2) is 0 Å². The quantitative estimate of drug-likeness (QED) is 0.804. The maximum atomic E-state index is 11.9. The molecule has 94 valence electrons. The number of aryl methyl sites for hydroxylation is 1. The van der Waals surface area contributed by atoms with Crippen molar-refractivity contribution in [3.8, 4) is 0 Å². The second-order valence-electron chi connectivity index (χ2n) is 3.75. The van der Waals surface area contributed by atoms with Crippen LogP contribution in [-0.2, 0) is 0 Å². The first-order chi connectivity index (χ1) is 7.78. The summed E-state index contributed by atoms with van der Waals surface area (Å²) in [5.74, 6) is -0.551. The van der Waals surface area contributed by atoms with Crippen LogP contribution in [0.2, 0.25) is 0 Å². The number of benzene rings is 1. The van der Waals surface area contributed by atoms with Gasteiger partial charge >= 0.3 is 6.18 Å². The van der Waals surface area contributed by atoms with Crippen LogP contribution >= 0.6 is 0 Å². The lowest BCUT2D eigenvalue weighted by molar-refractivity contribution is -0.132. The number of hydrogen-bond donors (Lipinski definition) is 2. The van der Waals surface area contributed by atoms with E-state index in [1.807, 2.05) is 0 Å². The smallest absolute Gasteiger partial charge is 0.390 e. The molecule has 0 spiro atoms. The Morgan fingerprint density at radius 2 is 2.00 bits per heavy atom. The fourth-order valence-electron chi connectivity index (χ4n) is 1.36. The zero-order valence-corrected chi connectivity index (χ0v) is 9.27. The van der Waals surface area contributed by atoms with Crippen LogP contribution in [0.4, 0.5) is 18.9 Å². The van der Waals surface area contributed by atoms with Gasteiger partial charge in [-0.2, -0.15) is 13.2 Å². The molecule has 0 aromatic heterocycles. The summed E-state index contributed by atoms with van der Waals surface area (Å²) in [5, 5.41) is 2.20. The summed E-state index contributed by atoms with van der Waals surface area (Å²) in [6, 6.07) is 4.67. The van der Waals surface area contributed by atoms with Crippen molar-refractivity contribution >= 4 is 11.6 Å². The standard InChI is InChI=1S/C11H13F3N2O/c1-7-4-8(6-9(15)5-7)10(17)16-3-2-11(12,13)14/h4-6H,2-3,15H2,1H3,(H,16,17). The van der Waals surface area contributed by atoms with Crippen molar-refractivity contribution in [2.75, 3.05) is 12.3 Å². The maximum Gasteiger partial charge on any atom is 0.390 e. The van der Waals surface area contributed by atoms with Gasteiger partial charge in [0.25, 0.3) is 5.91 Å². The van der Waals surface area contributed by atoms with Crippen molar-refractivity contribution < 1.29 is 18.0 Å². The summed E-state index contributed by atoms with van der Waals surface area (Å²) >= 11 is 0. The fraction of sp³-hybridized carbons (Fsp3) is 0.364. The molecule has 1 rings (SSSR count). The van der Waals surface area contributed by atoms with Crippen LogP contribution < -0.4 is 11.1 Å². The Balaban J connectivity index is 2.58. The number of carbonyl (C=O) groups excluding carboxylic acids is 1. The highest BCUT2D eigenvalue weighted by molar-refractivity contribution is 5.95. The van der Waals surface area contributed by atoms with Gasteiger partial charge in [-0.25, -0.2) is 0 Å². The summed E-state index contributed by atoms with van der Waals surface area (Å²) in [4.78, 5) is 11.5. The summed E-state index contributed by atoms with van der Waals surface area (Å²) in [6.07, 6.45) is -5.31. The highest BCUT2D eigenvalue weighted by Gasteiger charge is 2.26. The molecule has 0 radical (unpaired) electrons. The molecule has 0 aliphatic rings. The van der Waals surface area contributed by atoms with Crippen LogP contribution in [0, 0.1) is 6.92 Å². The van der Waals surface area contributed by atoms with E-state index in [9.17, 15) is 18.0 Å². The fourth-order valence-corrected chi connectivity index (χ4v) is 1.36. The number of carbonyl (C=O) groups is 1. The second-order valence-corrected chi connectivity index (χ2v) is 3.75. The van der Waals surface area contributed by atoms with Gasteiger partial charge in [-0.05, 0) is 30.7 Å². The van der Waals surface area contributed by atoms with E-state index in [2.05, 4.69) is 5.32 Å². The molecule has 17 heavy (non-hydrogen) atoms. The third kappa shape index (κ3) is 4.76. The highest BCUT2D eigenvalue weighted by atomic mass is 19.4. The first kappa shape index (κ1) is 13.3. The topological polar surface area (TPSA) is 55.1 Å². The van der Waals surface area contributed by atoms with Gasteiger partial charge in [-0.1, -0.05) is 0 Å². The van der Waals surface area contributed by atoms with Gasteiger partial charge in [0.05, 0.1) is 6.42 Å². The first-order valence-corrected chi connectivity index (χ1v) is 5.00. The predicted molar refractivity (Wildman–Crippen MR) is 58.6 cm³/mol. The van der Waals surface area contributed by atoms with Crippen molar-refractivity contribution in [1.29, 1.82) is 0 Å². The number of anilines is 1. The highest BCUT2D eigenvalue weighted by Crippen LogP contribution is 2.18. The molecule has 0 fully saturated rings. The molecule has 0 bridgehead atoms. The van der Waals surface area contributed by atoms with E-state index in [-0.39, 0.29) is 5.56 Å². The van der Waals surface area contributed by atoms with E-state index in [4.69, 9.17) is 5.73 Å². The molecule has 1 amide bonds. The molecule has 1 aromatic rings. The summed E-state index contributed by atoms with van der Waals surface area (Å²) in [6.45, 7) is 1.32. The second kappa shape index (κ2) is 5.07. The molecule has 0 unspecified atom stereocenters. The first-order valence-electron chi connectivity index (χ1n) is 5.00. The van der Waals surface area contributed by atoms with Crippen LogP contribution in [0.1, 0.15) is 22.3 Å². The number of amides is 1. The lowest BCUT2D eigenvalue weighted by atomic mass is 10.1. The van der Waals surface area contributed by atoms with Gasteiger partial charge in [-0.3, -0.25) is 4.79 Å². The normalized spacial score (nSPS) is 11.3. The van der Waals surface area contributed by atoms with E-state index in [1.165, 1.54) is 6.07 Å². The predicted octanol–water partition coefficient (Wildman–Crippen LogP) is 2.26. The van der Waals surface area contributed by atoms with Gasteiger partial charge in [0.2, 0.25) is 0 Å². The van der Waals surface area contributed by atoms with Crippen molar-refractivity contribution in [3.63, 3.8) is 0 Å². The van der Waals surface area contributed by atoms with Gasteiger partial charge < -0.3 is 11.1 Å². The summed E-state index contributed by atoms with van der Waals surface area (Å²) in [7, 11) is 0. The Labute approximate surface area is 96.8 Å². The molecule has 3 N–H and O–H groups in total. The number of nitrogens with one attached hydrogen (secondary N) is 1. The Morgan fingerprint density at radius 1 is 1.35 bits per heavy atom. The number of halogens is 3. The van der Waals surface area contributed by atoms with Gasteiger partial charge in [0, 0.05) is 17.8 Å². The molecule has 0 saturated carbocycles. The average molecular weight is 246 g/mol. The minimum atomic E-state index is -4.26. The summed E-state index contributed by atoms with van der Waals surface area (Å²) < 4.78 is 35.6. The van der Waals surface area contributed by atoms with Crippen LogP contribution in [0.3, 0.4) is 0 Å². The van der Waals surface area contributed by atoms with E-state index in [0.29, 0.717) is 5.69 Å². The van der Waals surface area contributed by atoms with Crippen molar-refractivity contribution in [2.24, 2.45) is 0 Å². The van der Waals surface area contributed by atoms with E-state index in [1.54, 1.807) is 19.1 Å². The molecule has 6 heteroatoms. The van der Waals surface area contributed by atoms with Crippen LogP contribution in [0.25, 0.3) is 0 Å². The molecule has 0 heterocycles. The number of alkyl halides is 3. The minimum Gasteiger partial charge on any atom is -0.399 e. The zero-order chi connectivity index (χ0) is 13.1. The van der Waals surface area contributed by atoms with E-state index >= 15 is 0 Å². The zero-order valence-electron chi connectivity index (χ0n) is 9.27. The number of rotatable bonds is 3. The van der Waals surface area contributed by atoms with Crippen LogP contribution in [-0.4, -0.2) is 18.6 Å². The Hall–Kier alpha value is -1.72. The van der Waals surface area contributed by atoms with Gasteiger partial charge in [-0.15, -0.1) is 0 Å². The average Bonchev–Trinajstić information content (AvgIpc) is 2.13.